The van der Waals surface area contributed by atoms with Gasteiger partial charge in [0.25, 0.3) is 0 Å². The molecule has 1 saturated heterocycles. The fraction of sp³-hybridized carbons (Fsp3) is 0.717. The molecule has 1 heterocycles. The molecule has 1 rings (SSSR count). The minimum Gasteiger partial charge on any atom is -0.394 e. The molecule has 0 aromatic heterocycles. The van der Waals surface area contributed by atoms with Crippen LogP contribution in [0.2, 0.25) is 0 Å². The Balaban J connectivity index is 2.37. The summed E-state index contributed by atoms with van der Waals surface area (Å²) in [6.07, 6.45) is 51.9. The van der Waals surface area contributed by atoms with Gasteiger partial charge in [0, 0.05) is 6.42 Å². The van der Waals surface area contributed by atoms with Crippen LogP contribution in [0.3, 0.4) is 0 Å². The van der Waals surface area contributed by atoms with E-state index in [-0.39, 0.29) is 12.5 Å². The van der Waals surface area contributed by atoms with Crippen LogP contribution in [-0.4, -0.2) is 87.5 Å². The number of amides is 1. The van der Waals surface area contributed by atoms with Gasteiger partial charge in [-0.1, -0.05) is 189 Å². The Morgan fingerprint density at radius 1 is 0.565 bits per heavy atom. The van der Waals surface area contributed by atoms with E-state index in [1.54, 1.807) is 6.08 Å². The molecular weight excluding hydrogens is 779 g/mol. The van der Waals surface area contributed by atoms with Crippen molar-refractivity contribution in [2.45, 2.75) is 230 Å². The molecule has 0 aromatic carbocycles. The highest BCUT2D eigenvalue weighted by atomic mass is 16.7. The standard InChI is InChI=1S/C53H91NO8/c1-3-5-7-9-11-13-15-17-19-21-23-24-25-27-29-31-33-35-37-39-41-43-49(57)54-46(45-61-53-52(60)51(59)50(58)48(44-55)62-53)47(56)42-40-38-36-34-32-30-28-26-22-20-18-16-14-12-10-8-6-4-2/h5,7,11,13,17,19,23-24,27,29,32,34,40,42,46-48,50-53,55-56,58-60H,3-4,6,8-10,12,14-16,18,20-22,25-26,28,30-31,33,35-39,41,43-45H2,1-2H3,(H,54,57)/b7-5-,13-11-,19-17-,24-23-,29-27-,34-32+,42-40+. The number of aliphatic hydroxyl groups is 5. The van der Waals surface area contributed by atoms with Gasteiger partial charge < -0.3 is 40.3 Å². The maximum absolute atomic E-state index is 13.0. The van der Waals surface area contributed by atoms with Gasteiger partial charge in [-0.3, -0.25) is 4.79 Å². The van der Waals surface area contributed by atoms with Crippen LogP contribution in [0.1, 0.15) is 187 Å². The number of unbranched alkanes of at least 4 members (excludes halogenated alkanes) is 18. The van der Waals surface area contributed by atoms with E-state index in [0.717, 1.165) is 89.9 Å². The molecule has 0 aliphatic carbocycles. The number of aliphatic hydroxyl groups excluding tert-OH is 5. The van der Waals surface area contributed by atoms with Crippen LogP contribution >= 0.6 is 0 Å². The van der Waals surface area contributed by atoms with Crippen LogP contribution in [0.15, 0.2) is 85.1 Å². The summed E-state index contributed by atoms with van der Waals surface area (Å²) in [6.45, 7) is 3.62. The molecule has 7 unspecified atom stereocenters. The van der Waals surface area contributed by atoms with Gasteiger partial charge >= 0.3 is 0 Å². The van der Waals surface area contributed by atoms with E-state index in [0.29, 0.717) is 6.42 Å². The van der Waals surface area contributed by atoms with Gasteiger partial charge in [-0.05, 0) is 77.0 Å². The first kappa shape index (κ1) is 57.4. The number of carbonyl (C=O) groups is 1. The molecule has 0 radical (unpaired) electrons. The third-order valence-electron chi connectivity index (χ3n) is 11.2. The summed E-state index contributed by atoms with van der Waals surface area (Å²) in [5, 5.41) is 54.3. The van der Waals surface area contributed by atoms with E-state index < -0.39 is 49.5 Å². The van der Waals surface area contributed by atoms with Gasteiger partial charge in [-0.15, -0.1) is 0 Å². The monoisotopic (exact) mass is 870 g/mol. The lowest BCUT2D eigenvalue weighted by Gasteiger charge is -2.40. The van der Waals surface area contributed by atoms with E-state index in [4.69, 9.17) is 9.47 Å². The first-order valence-electron chi connectivity index (χ1n) is 24.8. The third kappa shape index (κ3) is 32.1. The number of nitrogens with one attached hydrogen (secondary N) is 1. The Bertz CT molecular complexity index is 1240. The predicted octanol–water partition coefficient (Wildman–Crippen LogP) is 11.1. The first-order chi connectivity index (χ1) is 30.3. The fourth-order valence-corrected chi connectivity index (χ4v) is 7.26. The highest BCUT2D eigenvalue weighted by molar-refractivity contribution is 5.76. The molecule has 1 aliphatic rings. The lowest BCUT2D eigenvalue weighted by Crippen LogP contribution is -2.60. The van der Waals surface area contributed by atoms with Crippen molar-refractivity contribution in [3.63, 3.8) is 0 Å². The van der Waals surface area contributed by atoms with Crippen LogP contribution in [0, 0.1) is 0 Å². The van der Waals surface area contributed by atoms with Gasteiger partial charge in [-0.2, -0.15) is 0 Å². The lowest BCUT2D eigenvalue weighted by molar-refractivity contribution is -0.302. The zero-order valence-corrected chi connectivity index (χ0v) is 39.1. The van der Waals surface area contributed by atoms with Crippen molar-refractivity contribution < 1.29 is 39.8 Å². The fourth-order valence-electron chi connectivity index (χ4n) is 7.26. The minimum atomic E-state index is -1.58. The Labute approximate surface area is 378 Å². The van der Waals surface area contributed by atoms with Gasteiger partial charge in [0.15, 0.2) is 6.29 Å². The maximum atomic E-state index is 13.0. The Morgan fingerprint density at radius 2 is 1.02 bits per heavy atom. The normalized spacial score (nSPS) is 21.0. The number of allylic oxidation sites excluding steroid dienone is 13. The average molecular weight is 870 g/mol. The zero-order chi connectivity index (χ0) is 45.1. The van der Waals surface area contributed by atoms with Crippen molar-refractivity contribution in [2.24, 2.45) is 0 Å². The van der Waals surface area contributed by atoms with Crippen LogP contribution in [0.4, 0.5) is 0 Å². The summed E-state index contributed by atoms with van der Waals surface area (Å²) in [5.41, 5.74) is 0. The number of ether oxygens (including phenoxy) is 2. The van der Waals surface area contributed by atoms with Crippen molar-refractivity contribution in [3.05, 3.63) is 85.1 Å². The zero-order valence-electron chi connectivity index (χ0n) is 39.1. The molecule has 6 N–H and O–H groups in total. The molecule has 0 spiro atoms. The van der Waals surface area contributed by atoms with E-state index >= 15 is 0 Å². The van der Waals surface area contributed by atoms with Crippen LogP contribution in [0.25, 0.3) is 0 Å². The minimum absolute atomic E-state index is 0.209. The Kier molecular flexibility index (Phi) is 39.2. The third-order valence-corrected chi connectivity index (χ3v) is 11.2. The molecule has 0 saturated carbocycles. The maximum Gasteiger partial charge on any atom is 0.220 e. The molecule has 356 valence electrons. The van der Waals surface area contributed by atoms with E-state index in [1.165, 1.54) is 77.0 Å². The van der Waals surface area contributed by atoms with Crippen molar-refractivity contribution in [3.8, 4) is 0 Å². The van der Waals surface area contributed by atoms with Crippen molar-refractivity contribution in [1.29, 1.82) is 0 Å². The Morgan fingerprint density at radius 3 is 1.55 bits per heavy atom. The van der Waals surface area contributed by atoms with Crippen molar-refractivity contribution >= 4 is 5.91 Å². The molecule has 1 amide bonds. The smallest absolute Gasteiger partial charge is 0.220 e. The second-order valence-corrected chi connectivity index (χ2v) is 16.9. The number of carbonyl (C=O) groups excluding carboxylic acids is 1. The summed E-state index contributed by atoms with van der Waals surface area (Å²) in [6, 6.07) is -0.837. The molecule has 9 heteroatoms. The largest absolute Gasteiger partial charge is 0.394 e. The van der Waals surface area contributed by atoms with Crippen molar-refractivity contribution in [1.82, 2.24) is 5.32 Å². The molecule has 1 aliphatic heterocycles. The summed E-state index contributed by atoms with van der Waals surface area (Å²) in [7, 11) is 0. The lowest BCUT2D eigenvalue weighted by atomic mass is 9.99. The Hall–Kier alpha value is -2.63. The molecule has 1 fully saturated rings. The average Bonchev–Trinajstić information content (AvgIpc) is 3.27. The van der Waals surface area contributed by atoms with Gasteiger partial charge in [0.2, 0.25) is 5.91 Å². The second-order valence-electron chi connectivity index (χ2n) is 16.9. The van der Waals surface area contributed by atoms with E-state index in [2.05, 4.69) is 92.1 Å². The molecular formula is C53H91NO8. The number of hydrogen-bond acceptors (Lipinski definition) is 8. The molecule has 0 aromatic rings. The highest BCUT2D eigenvalue weighted by Crippen LogP contribution is 2.22. The number of rotatable bonds is 40. The quantitative estimate of drug-likeness (QED) is 0.0263. The van der Waals surface area contributed by atoms with Crippen LogP contribution < -0.4 is 5.32 Å². The van der Waals surface area contributed by atoms with E-state index in [9.17, 15) is 30.3 Å². The summed E-state index contributed by atoms with van der Waals surface area (Å²) < 4.78 is 11.2. The van der Waals surface area contributed by atoms with Crippen LogP contribution in [0.5, 0.6) is 0 Å². The summed E-state index contributed by atoms with van der Waals surface area (Å²) in [4.78, 5) is 13.0. The van der Waals surface area contributed by atoms with Crippen molar-refractivity contribution in [2.75, 3.05) is 13.2 Å². The SMILES string of the molecule is CC/C=C\C/C=C\C/C=C\C/C=C\C/C=C\CCCCCCCC(=O)NC(COC1OC(CO)C(O)C(O)C1O)C(O)/C=C/CC/C=C/CCCCCCCCCCCCCC. The van der Waals surface area contributed by atoms with E-state index in [1.807, 2.05) is 6.08 Å². The second kappa shape index (κ2) is 42.3. The van der Waals surface area contributed by atoms with Gasteiger partial charge in [-0.25, -0.2) is 0 Å². The number of hydrogen-bond donors (Lipinski definition) is 6. The summed E-state index contributed by atoms with van der Waals surface area (Å²) in [5.74, 6) is -0.209. The van der Waals surface area contributed by atoms with Gasteiger partial charge in [0.05, 0.1) is 25.4 Å². The van der Waals surface area contributed by atoms with Gasteiger partial charge in [0.1, 0.15) is 24.4 Å². The topological polar surface area (TPSA) is 149 Å². The molecule has 62 heavy (non-hydrogen) atoms. The summed E-state index contributed by atoms with van der Waals surface area (Å²) >= 11 is 0. The molecule has 0 bridgehead atoms. The molecule has 9 nitrogen and oxygen atoms in total. The van der Waals surface area contributed by atoms with Crippen LogP contribution in [-0.2, 0) is 14.3 Å². The first-order valence-corrected chi connectivity index (χ1v) is 24.8. The predicted molar refractivity (Wildman–Crippen MR) is 258 cm³/mol. The molecule has 7 atom stereocenters. The highest BCUT2D eigenvalue weighted by Gasteiger charge is 2.44.